The zero-order valence-corrected chi connectivity index (χ0v) is 12.9. The summed E-state index contributed by atoms with van der Waals surface area (Å²) in [6, 6.07) is 2.90. The highest BCUT2D eigenvalue weighted by molar-refractivity contribution is 7.99. The topological polar surface area (TPSA) is 25.2 Å². The zero-order valence-electron chi connectivity index (χ0n) is 12.1. The van der Waals surface area contributed by atoms with Gasteiger partial charge in [-0.1, -0.05) is 6.42 Å². The first-order valence-electron chi connectivity index (χ1n) is 7.62. The number of rotatable bonds is 2. The van der Waals surface area contributed by atoms with Gasteiger partial charge in [0.2, 0.25) is 0 Å². The van der Waals surface area contributed by atoms with Crippen LogP contribution in [0, 0.1) is 6.92 Å². The van der Waals surface area contributed by atoms with E-state index in [-0.39, 0.29) is 6.10 Å². The Bertz CT molecular complexity index is 454. The Morgan fingerprint density at radius 2 is 2.11 bits per heavy atom. The van der Waals surface area contributed by atoms with Crippen molar-refractivity contribution in [2.45, 2.75) is 69.3 Å². The van der Waals surface area contributed by atoms with Crippen LogP contribution >= 0.6 is 11.8 Å². The van der Waals surface area contributed by atoms with E-state index < -0.39 is 0 Å². The van der Waals surface area contributed by atoms with Crippen LogP contribution in [0.1, 0.15) is 67.6 Å². The molecule has 1 N–H and O–H groups in total. The fourth-order valence-electron chi connectivity index (χ4n) is 3.98. The lowest BCUT2D eigenvalue weighted by atomic mass is 9.92. The third kappa shape index (κ3) is 2.47. The van der Waals surface area contributed by atoms with E-state index in [4.69, 9.17) is 0 Å². The highest BCUT2D eigenvalue weighted by atomic mass is 32.2. The number of aromatic nitrogens is 1. The molecule has 0 bridgehead atoms. The Kier molecular flexibility index (Phi) is 3.95. The zero-order chi connectivity index (χ0) is 13.4. The molecule has 3 heteroatoms. The van der Waals surface area contributed by atoms with Crippen LogP contribution in [0.5, 0.6) is 0 Å². The van der Waals surface area contributed by atoms with Gasteiger partial charge in [0.1, 0.15) is 0 Å². The summed E-state index contributed by atoms with van der Waals surface area (Å²) in [4.78, 5) is 0. The van der Waals surface area contributed by atoms with Crippen molar-refractivity contribution in [3.05, 3.63) is 23.0 Å². The summed E-state index contributed by atoms with van der Waals surface area (Å²) in [6.45, 7) is 2.22. The van der Waals surface area contributed by atoms with Crippen LogP contribution in [-0.2, 0) is 6.42 Å². The van der Waals surface area contributed by atoms with E-state index >= 15 is 0 Å². The van der Waals surface area contributed by atoms with E-state index in [2.05, 4.69) is 23.8 Å². The van der Waals surface area contributed by atoms with Crippen molar-refractivity contribution in [2.75, 3.05) is 6.26 Å². The molecule has 1 heterocycles. The molecule has 0 saturated heterocycles. The third-order valence-electron chi connectivity index (χ3n) is 4.92. The largest absolute Gasteiger partial charge is 0.388 e. The molecule has 1 aromatic heterocycles. The lowest BCUT2D eigenvalue weighted by molar-refractivity contribution is 0.155. The van der Waals surface area contributed by atoms with Crippen molar-refractivity contribution < 1.29 is 5.11 Å². The number of aliphatic hydroxyl groups is 1. The summed E-state index contributed by atoms with van der Waals surface area (Å²) < 4.78 is 2.57. The molecule has 0 amide bonds. The van der Waals surface area contributed by atoms with Crippen molar-refractivity contribution in [3.63, 3.8) is 0 Å². The minimum absolute atomic E-state index is 0.219. The molecule has 0 aliphatic heterocycles. The van der Waals surface area contributed by atoms with E-state index in [1.54, 1.807) is 0 Å². The molecule has 2 aliphatic rings. The molecular weight excluding hydrogens is 254 g/mol. The van der Waals surface area contributed by atoms with Crippen LogP contribution in [0.25, 0.3) is 0 Å². The SMILES string of the molecule is CSC1CCCC(n2c(C)cc3c2CCCC3O)C1. The highest BCUT2D eigenvalue weighted by Crippen LogP contribution is 2.40. The molecule has 3 unspecified atom stereocenters. The molecule has 3 rings (SSSR count). The predicted octanol–water partition coefficient (Wildman–Crippen LogP) is 4.01. The van der Waals surface area contributed by atoms with Gasteiger partial charge < -0.3 is 9.67 Å². The second-order valence-electron chi connectivity index (χ2n) is 6.14. The molecule has 106 valence electrons. The molecule has 3 atom stereocenters. The Morgan fingerprint density at radius 3 is 2.89 bits per heavy atom. The average molecular weight is 279 g/mol. The molecule has 0 radical (unpaired) electrons. The van der Waals surface area contributed by atoms with Crippen LogP contribution in [0.15, 0.2) is 6.07 Å². The number of fused-ring (bicyclic) bond motifs is 1. The molecule has 1 saturated carbocycles. The Balaban J connectivity index is 1.92. The number of aryl methyl sites for hydroxylation is 1. The van der Waals surface area contributed by atoms with Crippen LogP contribution in [0.4, 0.5) is 0 Å². The molecule has 19 heavy (non-hydrogen) atoms. The molecule has 0 spiro atoms. The predicted molar refractivity (Wildman–Crippen MR) is 81.9 cm³/mol. The van der Waals surface area contributed by atoms with Gasteiger partial charge in [-0.05, 0) is 57.8 Å². The van der Waals surface area contributed by atoms with E-state index in [1.807, 2.05) is 11.8 Å². The summed E-state index contributed by atoms with van der Waals surface area (Å²) in [7, 11) is 0. The third-order valence-corrected chi connectivity index (χ3v) is 6.01. The maximum absolute atomic E-state index is 10.2. The van der Waals surface area contributed by atoms with Gasteiger partial charge in [0.25, 0.3) is 0 Å². The second-order valence-corrected chi connectivity index (χ2v) is 7.28. The molecular formula is C16H25NOS. The average Bonchev–Trinajstić information content (AvgIpc) is 2.77. The Labute approximate surface area is 120 Å². The maximum atomic E-state index is 10.2. The normalized spacial score (nSPS) is 31.2. The van der Waals surface area contributed by atoms with Crippen molar-refractivity contribution in [1.29, 1.82) is 0 Å². The quantitative estimate of drug-likeness (QED) is 0.884. The van der Waals surface area contributed by atoms with E-state index in [1.165, 1.54) is 42.6 Å². The Morgan fingerprint density at radius 1 is 1.26 bits per heavy atom. The molecule has 2 nitrogen and oxygen atoms in total. The van der Waals surface area contributed by atoms with Gasteiger partial charge in [-0.15, -0.1) is 0 Å². The standard InChI is InChI=1S/C16H25NOS/c1-11-9-14-15(7-4-8-16(14)18)17(11)12-5-3-6-13(10-12)19-2/h9,12-13,16,18H,3-8,10H2,1-2H3. The number of aliphatic hydroxyl groups excluding tert-OH is 1. The first-order chi connectivity index (χ1) is 9.20. The van der Waals surface area contributed by atoms with Gasteiger partial charge >= 0.3 is 0 Å². The number of hydrogen-bond donors (Lipinski definition) is 1. The fourth-order valence-corrected chi connectivity index (χ4v) is 4.80. The van der Waals surface area contributed by atoms with Crippen LogP contribution in [0.3, 0.4) is 0 Å². The van der Waals surface area contributed by atoms with Crippen LogP contribution < -0.4 is 0 Å². The molecule has 0 aromatic carbocycles. The van der Waals surface area contributed by atoms with Gasteiger partial charge in [-0.3, -0.25) is 0 Å². The lowest BCUT2D eigenvalue weighted by Gasteiger charge is -2.32. The van der Waals surface area contributed by atoms with Crippen molar-refractivity contribution >= 4 is 11.8 Å². The van der Waals surface area contributed by atoms with Gasteiger partial charge in [0.05, 0.1) is 6.10 Å². The second kappa shape index (κ2) is 5.53. The van der Waals surface area contributed by atoms with Gasteiger partial charge in [-0.25, -0.2) is 0 Å². The minimum Gasteiger partial charge on any atom is -0.388 e. The van der Waals surface area contributed by atoms with Crippen molar-refractivity contribution in [1.82, 2.24) is 4.57 Å². The van der Waals surface area contributed by atoms with Crippen molar-refractivity contribution in [3.8, 4) is 0 Å². The number of hydrogen-bond acceptors (Lipinski definition) is 2. The first-order valence-corrected chi connectivity index (χ1v) is 8.91. The van der Waals surface area contributed by atoms with Gasteiger partial charge in [-0.2, -0.15) is 11.8 Å². The van der Waals surface area contributed by atoms with E-state index in [9.17, 15) is 5.11 Å². The fraction of sp³-hybridized carbons (Fsp3) is 0.750. The van der Waals surface area contributed by atoms with Gasteiger partial charge in [0, 0.05) is 28.2 Å². The number of nitrogens with zero attached hydrogens (tertiary/aromatic N) is 1. The summed E-state index contributed by atoms with van der Waals surface area (Å²) in [5.74, 6) is 0. The van der Waals surface area contributed by atoms with Crippen LogP contribution in [-0.4, -0.2) is 21.2 Å². The van der Waals surface area contributed by atoms with Gasteiger partial charge in [0.15, 0.2) is 0 Å². The van der Waals surface area contributed by atoms with Crippen molar-refractivity contribution in [2.24, 2.45) is 0 Å². The summed E-state index contributed by atoms with van der Waals surface area (Å²) >= 11 is 2.03. The first kappa shape index (κ1) is 13.6. The van der Waals surface area contributed by atoms with E-state index in [0.717, 1.165) is 24.5 Å². The summed E-state index contributed by atoms with van der Waals surface area (Å²) in [5.41, 5.74) is 4.01. The molecule has 1 fully saturated rings. The monoisotopic (exact) mass is 279 g/mol. The number of thioether (sulfide) groups is 1. The van der Waals surface area contributed by atoms with Crippen LogP contribution in [0.2, 0.25) is 0 Å². The smallest absolute Gasteiger partial charge is 0.0807 e. The molecule has 2 aliphatic carbocycles. The Hall–Kier alpha value is -0.410. The maximum Gasteiger partial charge on any atom is 0.0807 e. The summed E-state index contributed by atoms with van der Waals surface area (Å²) in [5, 5.41) is 11.0. The molecule has 1 aromatic rings. The highest BCUT2D eigenvalue weighted by Gasteiger charge is 2.29. The summed E-state index contributed by atoms with van der Waals surface area (Å²) in [6.07, 6.45) is 10.6. The van der Waals surface area contributed by atoms with E-state index in [0.29, 0.717) is 6.04 Å². The minimum atomic E-state index is -0.219. The lowest BCUT2D eigenvalue weighted by Crippen LogP contribution is -2.24.